The molecule has 3 saturated heterocycles. The third-order valence-corrected chi connectivity index (χ3v) is 14.6. The quantitative estimate of drug-likeness (QED) is 0.0831. The first-order valence-corrected chi connectivity index (χ1v) is 23.3. The molecule has 2 aromatic carbocycles. The Bertz CT molecular complexity index is 2210. The number of ether oxygens (including phenoxy) is 2. The number of nitrogens with one attached hydrogen (secondary N) is 1. The molecule has 4 aliphatic heterocycles. The smallest absolute Gasteiger partial charge is 0.410 e. The lowest BCUT2D eigenvalue weighted by Crippen LogP contribution is -2.63. The molecule has 6 amide bonds. The second kappa shape index (κ2) is 22.0. The van der Waals surface area contributed by atoms with Crippen LogP contribution in [0, 0.1) is 32.1 Å². The number of carboxylic acid groups (broad SMARTS) is 1. The van der Waals surface area contributed by atoms with Crippen molar-refractivity contribution < 1.29 is 58.3 Å². The van der Waals surface area contributed by atoms with E-state index >= 15 is 0 Å². The molecule has 0 aliphatic carbocycles. The Labute approximate surface area is 387 Å². The predicted octanol–water partition coefficient (Wildman–Crippen LogP) is 3.72. The van der Waals surface area contributed by atoms with Crippen LogP contribution >= 0.6 is 23.5 Å². The van der Waals surface area contributed by atoms with Crippen molar-refractivity contribution in [3.8, 4) is 0 Å². The van der Waals surface area contributed by atoms with Gasteiger partial charge in [0, 0.05) is 117 Å². The molecule has 6 atom stereocenters. The van der Waals surface area contributed by atoms with Crippen LogP contribution in [-0.2, 0) is 37.1 Å². The zero-order valence-corrected chi connectivity index (χ0v) is 38.1. The maximum absolute atomic E-state index is 13.6. The number of nitro benzene ring substituents is 2. The summed E-state index contributed by atoms with van der Waals surface area (Å²) in [7, 11) is 1.43. The lowest BCUT2D eigenvalue weighted by Gasteiger charge is -2.46. The third-order valence-electron chi connectivity index (χ3n) is 12.0. The van der Waals surface area contributed by atoms with Crippen LogP contribution in [0.1, 0.15) is 37.8 Å². The minimum atomic E-state index is -1.25. The van der Waals surface area contributed by atoms with E-state index in [9.17, 15) is 59.2 Å². The van der Waals surface area contributed by atoms with Gasteiger partial charge in [0.2, 0.25) is 11.8 Å². The maximum Gasteiger partial charge on any atom is 0.410 e. The van der Waals surface area contributed by atoms with E-state index in [-0.39, 0.29) is 66.4 Å². The van der Waals surface area contributed by atoms with Gasteiger partial charge in [0.05, 0.1) is 27.9 Å². The molecule has 66 heavy (non-hydrogen) atoms. The van der Waals surface area contributed by atoms with Crippen molar-refractivity contribution in [1.29, 1.82) is 0 Å². The Morgan fingerprint density at radius 1 is 0.939 bits per heavy atom. The number of alkyl carbamates (subject to hydrolysis) is 1. The normalized spacial score (nSPS) is 22.0. The van der Waals surface area contributed by atoms with E-state index in [0.717, 1.165) is 4.90 Å². The number of nitrogens with zero attached hydrogens (tertiary/aromatic N) is 7. The maximum atomic E-state index is 13.6. The molecule has 0 spiro atoms. The number of benzene rings is 2. The van der Waals surface area contributed by atoms with E-state index in [2.05, 4.69) is 10.2 Å². The molecule has 356 valence electrons. The van der Waals surface area contributed by atoms with E-state index in [0.29, 0.717) is 73.2 Å². The number of carbonyl (C=O) groups excluding carboxylic acids is 5. The zero-order chi connectivity index (χ0) is 47.8. The molecule has 3 fully saturated rings. The van der Waals surface area contributed by atoms with Crippen LogP contribution in [0.15, 0.2) is 59.1 Å². The van der Waals surface area contributed by atoms with Crippen molar-refractivity contribution in [2.45, 2.75) is 63.3 Å². The summed E-state index contributed by atoms with van der Waals surface area (Å²) in [6.45, 7) is 5.89. The summed E-state index contributed by atoms with van der Waals surface area (Å²) in [6.07, 6.45) is -1.75. The average molecular weight is 957 g/mol. The Balaban J connectivity index is 0.960. The number of aliphatic carboxylic acids is 1. The summed E-state index contributed by atoms with van der Waals surface area (Å²) < 4.78 is 10.8. The Hall–Kier alpha value is -5.98. The fourth-order valence-electron chi connectivity index (χ4n) is 8.40. The number of imide groups is 1. The van der Waals surface area contributed by atoms with Crippen LogP contribution in [0.25, 0.3) is 0 Å². The lowest BCUT2D eigenvalue weighted by molar-refractivity contribution is -0.385. The summed E-state index contributed by atoms with van der Waals surface area (Å²) in [5.41, 5.74) is 0.852. The Morgan fingerprint density at radius 2 is 1.53 bits per heavy atom. The highest BCUT2D eigenvalue weighted by molar-refractivity contribution is 8.03. The van der Waals surface area contributed by atoms with Crippen molar-refractivity contribution in [1.82, 2.24) is 29.8 Å². The van der Waals surface area contributed by atoms with Gasteiger partial charge >= 0.3 is 24.2 Å². The molecule has 0 saturated carbocycles. The average Bonchev–Trinajstić information content (AvgIpc) is 3.81. The molecular weight excluding hydrogens is 905 g/mol. The molecular formula is C42H52N8O14S2. The number of carbonyl (C=O) groups is 6. The largest absolute Gasteiger partial charge is 0.477 e. The first-order chi connectivity index (χ1) is 31.4. The first kappa shape index (κ1) is 49.5. The van der Waals surface area contributed by atoms with Gasteiger partial charge in [-0.3, -0.25) is 39.6 Å². The number of fused-ring (bicyclic) bond motifs is 1. The van der Waals surface area contributed by atoms with Gasteiger partial charge < -0.3 is 39.7 Å². The summed E-state index contributed by atoms with van der Waals surface area (Å²) >= 11 is 2.71. The molecule has 0 aromatic heterocycles. The molecule has 6 rings (SSSR count). The van der Waals surface area contributed by atoms with E-state index < -0.39 is 58.0 Å². The number of amides is 6. The van der Waals surface area contributed by atoms with Gasteiger partial charge in [0.15, 0.2) is 0 Å². The fourth-order valence-corrected chi connectivity index (χ4v) is 11.0. The number of rotatable bonds is 18. The summed E-state index contributed by atoms with van der Waals surface area (Å²) in [6, 6.07) is 9.97. The van der Waals surface area contributed by atoms with Gasteiger partial charge in [-0.2, -0.15) is 11.8 Å². The number of hydrogen-bond donors (Lipinski definition) is 3. The number of likely N-dealkylation sites (tertiary alicyclic amines) is 1. The van der Waals surface area contributed by atoms with Crippen LogP contribution in [0.3, 0.4) is 0 Å². The highest BCUT2D eigenvalue weighted by Crippen LogP contribution is 2.52. The molecule has 0 unspecified atom stereocenters. The van der Waals surface area contributed by atoms with E-state index in [1.165, 1.54) is 90.9 Å². The van der Waals surface area contributed by atoms with Gasteiger partial charge in [0.25, 0.3) is 11.4 Å². The van der Waals surface area contributed by atoms with Gasteiger partial charge in [-0.1, -0.05) is 6.92 Å². The Kier molecular flexibility index (Phi) is 16.5. The number of β-lactam (4-membered cyclic amide) rings is 1. The highest BCUT2D eigenvalue weighted by Gasteiger charge is 2.60. The molecule has 0 radical (unpaired) electrons. The summed E-state index contributed by atoms with van der Waals surface area (Å²) in [5, 5.41) is 44.7. The zero-order valence-electron chi connectivity index (χ0n) is 36.5. The minimum Gasteiger partial charge on any atom is -0.477 e. The second-order valence-electron chi connectivity index (χ2n) is 16.3. The highest BCUT2D eigenvalue weighted by atomic mass is 32.2. The van der Waals surface area contributed by atoms with Crippen LogP contribution in [0.5, 0.6) is 0 Å². The summed E-state index contributed by atoms with van der Waals surface area (Å²) in [5.74, 6) is -2.45. The second-order valence-corrected chi connectivity index (χ2v) is 18.8. The number of thioether (sulfide) groups is 2. The number of carboxylic acids is 1. The predicted molar refractivity (Wildman–Crippen MR) is 239 cm³/mol. The number of non-ortho nitro benzene ring substituents is 2. The van der Waals surface area contributed by atoms with Crippen molar-refractivity contribution in [2.24, 2.45) is 11.8 Å². The van der Waals surface area contributed by atoms with Crippen LogP contribution in [0.2, 0.25) is 0 Å². The van der Waals surface area contributed by atoms with Gasteiger partial charge in [-0.15, -0.1) is 11.8 Å². The monoisotopic (exact) mass is 956 g/mol. The van der Waals surface area contributed by atoms with Crippen molar-refractivity contribution in [3.05, 3.63) is 90.5 Å². The van der Waals surface area contributed by atoms with Crippen molar-refractivity contribution in [3.63, 3.8) is 0 Å². The van der Waals surface area contributed by atoms with E-state index in [1.807, 2.05) is 6.92 Å². The van der Waals surface area contributed by atoms with Gasteiger partial charge in [-0.25, -0.2) is 19.2 Å². The SMILES string of the molecule is C[C@@H](O)[C@H]1C(=O)N2C(C(=O)O)=C(S[C@H]3C[C@@H](CSCCC(=O)N(C)C(=O)N4CCN(CCNC(=O)OCc5ccc([N+](=O)[O-])cc5)CC4)N(C(=O)OCc4ccc([N+](=O)[O-])cc4)C3)[C@H](C)[C@H]12. The third kappa shape index (κ3) is 11.7. The first-order valence-electron chi connectivity index (χ1n) is 21.3. The molecule has 22 nitrogen and oxygen atoms in total. The molecule has 2 aromatic rings. The number of aliphatic hydroxyl groups excluding tert-OH is 1. The number of hydrogen-bond acceptors (Lipinski definition) is 16. The molecule has 4 aliphatic rings. The lowest BCUT2D eigenvalue weighted by atomic mass is 9.79. The fraction of sp³-hybridized carbons (Fsp3) is 0.524. The number of urea groups is 1. The van der Waals surface area contributed by atoms with Crippen LogP contribution in [-0.4, -0.2) is 168 Å². The summed E-state index contributed by atoms with van der Waals surface area (Å²) in [4.78, 5) is 106. The number of aliphatic hydroxyl groups is 1. The van der Waals surface area contributed by atoms with Gasteiger partial charge in [-0.05, 0) is 48.7 Å². The molecule has 0 bridgehead atoms. The number of nitro groups is 2. The van der Waals surface area contributed by atoms with Crippen LogP contribution in [0.4, 0.5) is 25.8 Å². The minimum absolute atomic E-state index is 0.0381. The molecule has 3 N–H and O–H groups in total. The molecule has 24 heteroatoms. The van der Waals surface area contributed by atoms with E-state index in [1.54, 1.807) is 9.80 Å². The van der Waals surface area contributed by atoms with Crippen molar-refractivity contribution in [2.75, 3.05) is 64.4 Å². The van der Waals surface area contributed by atoms with E-state index in [4.69, 9.17) is 9.47 Å². The standard InChI is InChI=1S/C42H52N8O14S2/c1-25-35-34(26(2)51)38(53)48(35)36(39(54)55)37(25)66-32-20-31(47(21-32)42(58)64-23-28-6-10-30(11-7-28)50(61)62)24-65-19-12-33(52)44(3)41(57)46-17-15-45(16-18-46)14-13-43-40(56)63-22-27-4-8-29(9-5-27)49(59)60/h4-11,25-26,31-32,34-35,51H,12-24H2,1-3H3,(H,43,56)(H,54,55)/t25-,26-,31+,32+,34-,35-/m1/s1. The number of piperazine rings is 1. The Morgan fingerprint density at radius 3 is 2.09 bits per heavy atom. The molecule has 4 heterocycles. The van der Waals surface area contributed by atoms with Gasteiger partial charge in [0.1, 0.15) is 18.9 Å². The topological polar surface area (TPSA) is 276 Å². The van der Waals surface area contributed by atoms with Crippen LogP contribution < -0.4 is 5.32 Å². The van der Waals surface area contributed by atoms with Crippen molar-refractivity contribution >= 4 is 70.9 Å².